The van der Waals surface area contributed by atoms with Crippen molar-refractivity contribution in [2.24, 2.45) is 5.92 Å². The molecule has 0 saturated carbocycles. The average Bonchev–Trinajstić information content (AvgIpc) is 2.31. The van der Waals surface area contributed by atoms with E-state index in [1.807, 2.05) is 6.92 Å². The Morgan fingerprint density at radius 3 is 2.47 bits per heavy atom. The number of rotatable bonds is 6. The van der Waals surface area contributed by atoms with Crippen molar-refractivity contribution in [2.75, 3.05) is 13.1 Å². The number of nitrogens with zero attached hydrogens (tertiary/aromatic N) is 1. The lowest BCUT2D eigenvalue weighted by Gasteiger charge is -2.34. The zero-order valence-corrected chi connectivity index (χ0v) is 11.2. The molecule has 1 aliphatic heterocycles. The van der Waals surface area contributed by atoms with Gasteiger partial charge in [0.05, 0.1) is 6.54 Å². The van der Waals surface area contributed by atoms with Gasteiger partial charge in [-0.3, -0.25) is 9.59 Å². The van der Waals surface area contributed by atoms with Gasteiger partial charge in [-0.15, -0.1) is 0 Å². The molecule has 2 amide bonds. The van der Waals surface area contributed by atoms with Gasteiger partial charge in [-0.1, -0.05) is 40.0 Å². The standard InChI is InChI=1S/C13H24N2O2/c1-4-7-11-13(17)15(9-12(16)14-11)8-10(5-2)6-3/h10-11H,4-9H2,1-3H3,(H,14,16). The molecule has 4 nitrogen and oxygen atoms in total. The summed E-state index contributed by atoms with van der Waals surface area (Å²) < 4.78 is 0. The molecule has 0 aromatic rings. The summed E-state index contributed by atoms with van der Waals surface area (Å²) in [5.74, 6) is 0.583. The molecular formula is C13H24N2O2. The van der Waals surface area contributed by atoms with Crippen LogP contribution >= 0.6 is 0 Å². The van der Waals surface area contributed by atoms with E-state index in [2.05, 4.69) is 19.2 Å². The quantitative estimate of drug-likeness (QED) is 0.766. The van der Waals surface area contributed by atoms with Crippen molar-refractivity contribution in [3.63, 3.8) is 0 Å². The normalized spacial score (nSPS) is 20.9. The van der Waals surface area contributed by atoms with Gasteiger partial charge in [-0.25, -0.2) is 0 Å². The molecule has 1 fully saturated rings. The van der Waals surface area contributed by atoms with Crippen molar-refractivity contribution < 1.29 is 9.59 Å². The van der Waals surface area contributed by atoms with Crippen LogP contribution in [-0.2, 0) is 9.59 Å². The Labute approximate surface area is 104 Å². The highest BCUT2D eigenvalue weighted by molar-refractivity contribution is 5.94. The Balaban J connectivity index is 2.63. The molecule has 0 aromatic carbocycles. The summed E-state index contributed by atoms with van der Waals surface area (Å²) in [4.78, 5) is 25.4. The number of hydrogen-bond acceptors (Lipinski definition) is 2. The van der Waals surface area contributed by atoms with Crippen molar-refractivity contribution in [1.29, 1.82) is 0 Å². The lowest BCUT2D eigenvalue weighted by atomic mass is 10.0. The number of piperazine rings is 1. The third kappa shape index (κ3) is 3.72. The molecule has 4 heteroatoms. The smallest absolute Gasteiger partial charge is 0.245 e. The Morgan fingerprint density at radius 2 is 1.94 bits per heavy atom. The van der Waals surface area contributed by atoms with Gasteiger partial charge >= 0.3 is 0 Å². The van der Waals surface area contributed by atoms with Crippen LogP contribution in [0.1, 0.15) is 46.5 Å². The first kappa shape index (κ1) is 14.0. The summed E-state index contributed by atoms with van der Waals surface area (Å²) in [5.41, 5.74) is 0. The van der Waals surface area contributed by atoms with Gasteiger partial charge in [0.2, 0.25) is 11.8 Å². The first-order valence-electron chi connectivity index (χ1n) is 6.70. The second-order valence-electron chi connectivity index (χ2n) is 4.81. The fourth-order valence-electron chi connectivity index (χ4n) is 2.27. The van der Waals surface area contributed by atoms with Gasteiger partial charge < -0.3 is 10.2 Å². The lowest BCUT2D eigenvalue weighted by molar-refractivity contribution is -0.145. The molecule has 1 saturated heterocycles. The highest BCUT2D eigenvalue weighted by Crippen LogP contribution is 2.14. The van der Waals surface area contributed by atoms with Crippen LogP contribution in [0.2, 0.25) is 0 Å². The van der Waals surface area contributed by atoms with Crippen LogP contribution in [-0.4, -0.2) is 35.8 Å². The van der Waals surface area contributed by atoms with E-state index in [4.69, 9.17) is 0 Å². The van der Waals surface area contributed by atoms with Crippen LogP contribution in [0.5, 0.6) is 0 Å². The maximum atomic E-state index is 12.1. The Bertz CT molecular complexity index is 275. The Kier molecular flexibility index (Phi) is 5.45. The largest absolute Gasteiger partial charge is 0.343 e. The van der Waals surface area contributed by atoms with Crippen molar-refractivity contribution in [3.8, 4) is 0 Å². The van der Waals surface area contributed by atoms with Crippen LogP contribution in [0.3, 0.4) is 0 Å². The highest BCUT2D eigenvalue weighted by Gasteiger charge is 2.32. The van der Waals surface area contributed by atoms with E-state index in [9.17, 15) is 9.59 Å². The van der Waals surface area contributed by atoms with E-state index >= 15 is 0 Å². The van der Waals surface area contributed by atoms with Gasteiger partial charge in [0.15, 0.2) is 0 Å². The van der Waals surface area contributed by atoms with E-state index in [0.29, 0.717) is 5.92 Å². The topological polar surface area (TPSA) is 49.4 Å². The van der Waals surface area contributed by atoms with E-state index < -0.39 is 0 Å². The summed E-state index contributed by atoms with van der Waals surface area (Å²) in [6, 6.07) is -0.296. The predicted molar refractivity (Wildman–Crippen MR) is 67.5 cm³/mol. The molecule has 1 atom stereocenters. The molecule has 0 aromatic heterocycles. The van der Waals surface area contributed by atoms with Crippen molar-refractivity contribution in [3.05, 3.63) is 0 Å². The molecule has 98 valence electrons. The Hall–Kier alpha value is -1.06. The van der Waals surface area contributed by atoms with Gasteiger partial charge in [-0.05, 0) is 12.3 Å². The van der Waals surface area contributed by atoms with Gasteiger partial charge in [0, 0.05) is 6.54 Å². The first-order chi connectivity index (χ1) is 8.12. The fourth-order valence-corrected chi connectivity index (χ4v) is 2.27. The molecular weight excluding hydrogens is 216 g/mol. The van der Waals surface area contributed by atoms with E-state index in [-0.39, 0.29) is 24.4 Å². The number of amides is 2. The molecule has 1 unspecified atom stereocenters. The molecule has 0 radical (unpaired) electrons. The van der Waals surface area contributed by atoms with Crippen molar-refractivity contribution in [2.45, 2.75) is 52.5 Å². The third-order valence-corrected chi connectivity index (χ3v) is 3.49. The predicted octanol–water partition coefficient (Wildman–Crippen LogP) is 1.55. The Morgan fingerprint density at radius 1 is 1.29 bits per heavy atom. The molecule has 0 spiro atoms. The monoisotopic (exact) mass is 240 g/mol. The van der Waals surface area contributed by atoms with Crippen LogP contribution in [0, 0.1) is 5.92 Å². The third-order valence-electron chi connectivity index (χ3n) is 3.49. The van der Waals surface area contributed by atoms with Crippen LogP contribution in [0.15, 0.2) is 0 Å². The minimum atomic E-state index is -0.296. The molecule has 1 rings (SSSR count). The van der Waals surface area contributed by atoms with Gasteiger partial charge in [-0.2, -0.15) is 0 Å². The maximum absolute atomic E-state index is 12.1. The summed E-state index contributed by atoms with van der Waals surface area (Å²) in [6.45, 7) is 7.24. The second-order valence-corrected chi connectivity index (χ2v) is 4.81. The number of carbonyl (C=O) groups excluding carboxylic acids is 2. The lowest BCUT2D eigenvalue weighted by Crippen LogP contribution is -2.58. The SMILES string of the molecule is CCCC1NC(=O)CN(CC(CC)CC)C1=O. The molecule has 17 heavy (non-hydrogen) atoms. The minimum Gasteiger partial charge on any atom is -0.343 e. The van der Waals surface area contributed by atoms with E-state index in [1.54, 1.807) is 4.90 Å². The average molecular weight is 240 g/mol. The second kappa shape index (κ2) is 6.62. The molecule has 0 aliphatic carbocycles. The van der Waals surface area contributed by atoms with E-state index in [0.717, 1.165) is 32.2 Å². The summed E-state index contributed by atoms with van der Waals surface area (Å²) in [7, 11) is 0. The first-order valence-corrected chi connectivity index (χ1v) is 6.70. The molecule has 1 aliphatic rings. The summed E-state index contributed by atoms with van der Waals surface area (Å²) in [5, 5.41) is 2.78. The zero-order chi connectivity index (χ0) is 12.8. The number of nitrogens with one attached hydrogen (secondary N) is 1. The van der Waals surface area contributed by atoms with Crippen molar-refractivity contribution in [1.82, 2.24) is 10.2 Å². The molecule has 1 heterocycles. The van der Waals surface area contributed by atoms with Gasteiger partial charge in [0.1, 0.15) is 6.04 Å². The van der Waals surface area contributed by atoms with Crippen LogP contribution in [0.4, 0.5) is 0 Å². The fraction of sp³-hybridized carbons (Fsp3) is 0.846. The highest BCUT2D eigenvalue weighted by atomic mass is 16.2. The summed E-state index contributed by atoms with van der Waals surface area (Å²) >= 11 is 0. The van der Waals surface area contributed by atoms with Gasteiger partial charge in [0.25, 0.3) is 0 Å². The van der Waals surface area contributed by atoms with Crippen LogP contribution < -0.4 is 5.32 Å². The zero-order valence-electron chi connectivity index (χ0n) is 11.2. The number of carbonyl (C=O) groups is 2. The van der Waals surface area contributed by atoms with Crippen molar-refractivity contribution >= 4 is 11.8 Å². The number of hydrogen-bond donors (Lipinski definition) is 1. The minimum absolute atomic E-state index is 0.0194. The van der Waals surface area contributed by atoms with Crippen LogP contribution in [0.25, 0.3) is 0 Å². The molecule has 0 bridgehead atoms. The van der Waals surface area contributed by atoms with E-state index in [1.165, 1.54) is 0 Å². The summed E-state index contributed by atoms with van der Waals surface area (Å²) in [6.07, 6.45) is 3.76. The molecule has 1 N–H and O–H groups in total. The maximum Gasteiger partial charge on any atom is 0.245 e.